The van der Waals surface area contributed by atoms with Crippen molar-refractivity contribution >= 4 is 17.5 Å². The van der Waals surface area contributed by atoms with Crippen LogP contribution in [0.3, 0.4) is 0 Å². The second-order valence-corrected chi connectivity index (χ2v) is 7.10. The van der Waals surface area contributed by atoms with Crippen molar-refractivity contribution in [3.8, 4) is 11.1 Å². The maximum absolute atomic E-state index is 12.8. The number of piperidine rings is 1. The topological polar surface area (TPSA) is 49.0 Å². The summed E-state index contributed by atoms with van der Waals surface area (Å²) in [6, 6.07) is 17.4. The fourth-order valence-electron chi connectivity index (χ4n) is 3.63. The Balaban J connectivity index is 1.55. The van der Waals surface area contributed by atoms with Crippen LogP contribution in [0.5, 0.6) is 0 Å². The van der Waals surface area contributed by atoms with Gasteiger partial charge in [0.05, 0.1) is 6.20 Å². The quantitative estimate of drug-likeness (QED) is 0.728. The maximum atomic E-state index is 12.8. The number of hydrogen-bond acceptors (Lipinski definition) is 2. The second kappa shape index (κ2) is 7.34. The van der Waals surface area contributed by atoms with Crippen LogP contribution >= 0.6 is 11.6 Å². The predicted molar refractivity (Wildman–Crippen MR) is 103 cm³/mol. The Morgan fingerprint density at radius 2 is 1.88 bits per heavy atom. The highest BCUT2D eigenvalue weighted by Gasteiger charge is 2.28. The summed E-state index contributed by atoms with van der Waals surface area (Å²) in [7, 11) is 0. The van der Waals surface area contributed by atoms with Crippen LogP contribution in [0.4, 0.5) is 0 Å². The number of likely N-dealkylation sites (tertiary alicyclic amines) is 1. The summed E-state index contributed by atoms with van der Waals surface area (Å²) in [5.74, 6) is 0.324. The molecule has 1 aromatic heterocycles. The number of halogens is 1. The first kappa shape index (κ1) is 16.9. The van der Waals surface area contributed by atoms with Gasteiger partial charge in [-0.3, -0.25) is 9.89 Å². The van der Waals surface area contributed by atoms with Crippen molar-refractivity contribution in [2.75, 3.05) is 13.1 Å². The lowest BCUT2D eigenvalue weighted by Crippen LogP contribution is -2.39. The Labute approximate surface area is 157 Å². The Kier molecular flexibility index (Phi) is 4.76. The molecule has 1 N–H and O–H groups in total. The van der Waals surface area contributed by atoms with E-state index in [1.807, 2.05) is 29.3 Å². The molecule has 4 nitrogen and oxygen atoms in total. The molecule has 1 aliphatic rings. The fourth-order valence-corrected chi connectivity index (χ4v) is 3.75. The largest absolute Gasteiger partial charge is 0.338 e. The van der Waals surface area contributed by atoms with Gasteiger partial charge >= 0.3 is 0 Å². The lowest BCUT2D eigenvalue weighted by Gasteiger charge is -2.33. The molecule has 0 spiro atoms. The molecule has 26 heavy (non-hydrogen) atoms. The zero-order valence-corrected chi connectivity index (χ0v) is 15.1. The molecule has 2 aromatic carbocycles. The third kappa shape index (κ3) is 3.37. The number of benzene rings is 2. The third-order valence-corrected chi connectivity index (χ3v) is 5.21. The summed E-state index contributed by atoms with van der Waals surface area (Å²) in [5.41, 5.74) is 4.07. The SMILES string of the molecule is O=C(c1ccc(Cl)cc1)N1CCC[C@H](c2[nH]ncc2-c2ccccc2)C1. The van der Waals surface area contributed by atoms with Crippen LogP contribution in [0.1, 0.15) is 34.8 Å². The van der Waals surface area contributed by atoms with Crippen molar-refractivity contribution in [1.29, 1.82) is 0 Å². The molecule has 1 aliphatic heterocycles. The van der Waals surface area contributed by atoms with Crippen LogP contribution in [0, 0.1) is 0 Å². The number of nitrogens with zero attached hydrogens (tertiary/aromatic N) is 2. The molecule has 4 rings (SSSR count). The van der Waals surface area contributed by atoms with Crippen LogP contribution in [-0.2, 0) is 0 Å². The number of amides is 1. The van der Waals surface area contributed by atoms with Crippen molar-refractivity contribution in [3.63, 3.8) is 0 Å². The van der Waals surface area contributed by atoms with Gasteiger partial charge in [-0.25, -0.2) is 0 Å². The summed E-state index contributed by atoms with van der Waals surface area (Å²) in [6.45, 7) is 1.48. The van der Waals surface area contributed by atoms with Crippen LogP contribution < -0.4 is 0 Å². The molecule has 1 saturated heterocycles. The molecule has 0 unspecified atom stereocenters. The van der Waals surface area contributed by atoms with E-state index in [1.54, 1.807) is 24.3 Å². The van der Waals surface area contributed by atoms with E-state index in [2.05, 4.69) is 22.3 Å². The standard InChI is InChI=1S/C21H20ClN3O/c22-18-10-8-16(9-11-18)21(26)25-12-4-7-17(14-25)20-19(13-23-24-20)15-5-2-1-3-6-15/h1-3,5-6,8-11,13,17H,4,7,12,14H2,(H,23,24)/t17-/m0/s1. The number of aromatic nitrogens is 2. The van der Waals surface area contributed by atoms with Crippen molar-refractivity contribution in [2.45, 2.75) is 18.8 Å². The molecule has 132 valence electrons. The Hall–Kier alpha value is -2.59. The van der Waals surface area contributed by atoms with Gasteiger partial charge in [0.15, 0.2) is 0 Å². The minimum atomic E-state index is 0.0622. The molecule has 0 radical (unpaired) electrons. The molecule has 2 heterocycles. The number of carbonyl (C=O) groups excluding carboxylic acids is 1. The van der Waals surface area contributed by atoms with E-state index in [0.29, 0.717) is 17.1 Å². The number of nitrogens with one attached hydrogen (secondary N) is 1. The van der Waals surface area contributed by atoms with E-state index in [-0.39, 0.29) is 11.8 Å². The molecular formula is C21H20ClN3O. The monoisotopic (exact) mass is 365 g/mol. The Morgan fingerprint density at radius 3 is 2.65 bits per heavy atom. The molecule has 1 amide bonds. The highest BCUT2D eigenvalue weighted by Crippen LogP contribution is 2.33. The summed E-state index contributed by atoms with van der Waals surface area (Å²) in [6.07, 6.45) is 3.91. The summed E-state index contributed by atoms with van der Waals surface area (Å²) < 4.78 is 0. The third-order valence-electron chi connectivity index (χ3n) is 4.96. The van der Waals surface area contributed by atoms with Crippen LogP contribution in [0.15, 0.2) is 60.8 Å². The van der Waals surface area contributed by atoms with E-state index >= 15 is 0 Å². The molecule has 0 bridgehead atoms. The number of hydrogen-bond donors (Lipinski definition) is 1. The first-order chi connectivity index (χ1) is 12.7. The van der Waals surface area contributed by atoms with Crippen molar-refractivity contribution in [1.82, 2.24) is 15.1 Å². The first-order valence-electron chi connectivity index (χ1n) is 8.86. The zero-order valence-electron chi connectivity index (χ0n) is 14.4. The fraction of sp³-hybridized carbons (Fsp3) is 0.238. The van der Waals surface area contributed by atoms with E-state index < -0.39 is 0 Å². The highest BCUT2D eigenvalue weighted by atomic mass is 35.5. The lowest BCUT2D eigenvalue weighted by atomic mass is 9.90. The highest BCUT2D eigenvalue weighted by molar-refractivity contribution is 6.30. The molecule has 1 atom stereocenters. The maximum Gasteiger partial charge on any atom is 0.253 e. The van der Waals surface area contributed by atoms with E-state index in [9.17, 15) is 4.79 Å². The summed E-state index contributed by atoms with van der Waals surface area (Å²) in [5, 5.41) is 8.09. The Morgan fingerprint density at radius 1 is 1.12 bits per heavy atom. The van der Waals surface area contributed by atoms with Gasteiger partial charge in [0.2, 0.25) is 0 Å². The average Bonchev–Trinajstić information content (AvgIpc) is 3.19. The van der Waals surface area contributed by atoms with Gasteiger partial charge in [-0.15, -0.1) is 0 Å². The van der Waals surface area contributed by atoms with Gasteiger partial charge in [0.1, 0.15) is 0 Å². The number of H-pyrrole nitrogens is 1. The van der Waals surface area contributed by atoms with Gasteiger partial charge in [-0.05, 0) is 42.7 Å². The minimum Gasteiger partial charge on any atom is -0.338 e. The van der Waals surface area contributed by atoms with Crippen molar-refractivity contribution < 1.29 is 4.79 Å². The van der Waals surface area contributed by atoms with E-state index in [4.69, 9.17) is 11.6 Å². The first-order valence-corrected chi connectivity index (χ1v) is 9.23. The van der Waals surface area contributed by atoms with Gasteiger partial charge in [-0.1, -0.05) is 41.9 Å². The van der Waals surface area contributed by atoms with Crippen molar-refractivity contribution in [2.24, 2.45) is 0 Å². The van der Waals surface area contributed by atoms with Gasteiger partial charge < -0.3 is 4.90 Å². The Bertz CT molecular complexity index is 889. The lowest BCUT2D eigenvalue weighted by molar-refractivity contribution is 0.0706. The molecule has 1 fully saturated rings. The number of rotatable bonds is 3. The molecule has 0 saturated carbocycles. The minimum absolute atomic E-state index is 0.0622. The van der Waals surface area contributed by atoms with Gasteiger partial charge in [0, 0.05) is 40.9 Å². The second-order valence-electron chi connectivity index (χ2n) is 6.66. The predicted octanol–water partition coefficient (Wildman–Crippen LogP) is 4.75. The van der Waals surface area contributed by atoms with Crippen molar-refractivity contribution in [3.05, 3.63) is 77.1 Å². The molecule has 3 aromatic rings. The summed E-state index contributed by atoms with van der Waals surface area (Å²) in [4.78, 5) is 14.8. The molecular weight excluding hydrogens is 346 g/mol. The average molecular weight is 366 g/mol. The normalized spacial score (nSPS) is 17.3. The van der Waals surface area contributed by atoms with Gasteiger partial charge in [0.25, 0.3) is 5.91 Å². The van der Waals surface area contributed by atoms with Crippen LogP contribution in [0.25, 0.3) is 11.1 Å². The molecule has 0 aliphatic carbocycles. The molecule has 5 heteroatoms. The van der Waals surface area contributed by atoms with Gasteiger partial charge in [-0.2, -0.15) is 5.10 Å². The summed E-state index contributed by atoms with van der Waals surface area (Å²) >= 11 is 5.93. The van der Waals surface area contributed by atoms with Crippen LogP contribution in [0.2, 0.25) is 5.02 Å². The van der Waals surface area contributed by atoms with Crippen LogP contribution in [-0.4, -0.2) is 34.1 Å². The van der Waals surface area contributed by atoms with E-state index in [0.717, 1.165) is 36.2 Å². The number of aromatic amines is 1. The smallest absolute Gasteiger partial charge is 0.253 e. The zero-order chi connectivity index (χ0) is 17.9. The number of carbonyl (C=O) groups is 1. The van der Waals surface area contributed by atoms with E-state index in [1.165, 1.54) is 0 Å².